The van der Waals surface area contributed by atoms with Gasteiger partial charge in [0.1, 0.15) is 23.6 Å². The van der Waals surface area contributed by atoms with Gasteiger partial charge in [-0.05, 0) is 55.3 Å². The molecule has 0 unspecified atom stereocenters. The number of nitrogens with two attached hydrogens (primary N) is 1. The van der Waals surface area contributed by atoms with E-state index in [0.717, 1.165) is 23.4 Å². The van der Waals surface area contributed by atoms with E-state index < -0.39 is 0 Å². The van der Waals surface area contributed by atoms with Crippen LogP contribution in [0, 0.1) is 13.1 Å². The van der Waals surface area contributed by atoms with Crippen molar-refractivity contribution >= 4 is 23.7 Å². The number of hydrogen-bond donors (Lipinski definition) is 1. The summed E-state index contributed by atoms with van der Waals surface area (Å²) in [4.78, 5) is 0. The fraction of sp³-hybridized carbons (Fsp3) is 0.174. The highest BCUT2D eigenvalue weighted by Gasteiger charge is 2.26. The first-order valence-corrected chi connectivity index (χ1v) is 9.21. The Balaban J connectivity index is 1.70. The normalized spacial score (nSPS) is 12.7. The minimum absolute atomic E-state index is 0.519. The zero-order chi connectivity index (χ0) is 18.8. The first kappa shape index (κ1) is 17.3. The van der Waals surface area contributed by atoms with Crippen LogP contribution in [0.5, 0.6) is 5.75 Å². The Morgan fingerprint density at radius 1 is 1.22 bits per heavy atom. The van der Waals surface area contributed by atoms with Gasteiger partial charge in [-0.15, -0.1) is 4.52 Å². The number of nitrogens with zero attached hydrogens (tertiary/aromatic N) is 2. The molecule has 1 aliphatic heterocycles. The van der Waals surface area contributed by atoms with Gasteiger partial charge < -0.3 is 10.5 Å². The Morgan fingerprint density at radius 2 is 2.04 bits per heavy atom. The molecule has 2 N–H and O–H groups in total. The summed E-state index contributed by atoms with van der Waals surface area (Å²) < 4.78 is 10.0. The van der Waals surface area contributed by atoms with Crippen LogP contribution in [0.15, 0.2) is 49.1 Å². The number of aromatic nitrogens is 2. The lowest BCUT2D eigenvalue weighted by Gasteiger charge is -2.02. The van der Waals surface area contributed by atoms with E-state index in [1.54, 1.807) is 6.08 Å². The summed E-state index contributed by atoms with van der Waals surface area (Å²) in [6.07, 6.45) is 13.3. The summed E-state index contributed by atoms with van der Waals surface area (Å²) in [6.45, 7) is 7.00. The molecule has 0 bridgehead atoms. The van der Waals surface area contributed by atoms with Crippen LogP contribution >= 0.6 is 0 Å². The summed E-state index contributed by atoms with van der Waals surface area (Å²) in [7, 11) is 0. The standard InChI is InChI=1S/C23H24N3O/c1-3-15-27-20-10-7-18(8-11-20)6-9-19-16-17(2)23-21(12-13-24)22-5-4-14-25(22)26(19)23/h3-11,14,16H,1,12-13,15,24H2,2H3/q+1/b9-6+. The maximum absolute atomic E-state index is 5.86. The van der Waals surface area contributed by atoms with Gasteiger partial charge in [0.15, 0.2) is 0 Å². The van der Waals surface area contributed by atoms with Crippen LogP contribution in [0.25, 0.3) is 23.7 Å². The Hall–Kier alpha value is -3.11. The van der Waals surface area contributed by atoms with Crippen molar-refractivity contribution in [1.29, 1.82) is 0 Å². The van der Waals surface area contributed by atoms with Gasteiger partial charge in [-0.2, -0.15) is 0 Å². The Labute approximate surface area is 159 Å². The Morgan fingerprint density at radius 3 is 2.78 bits per heavy atom. The molecule has 0 radical (unpaired) electrons. The third kappa shape index (κ3) is 3.09. The van der Waals surface area contributed by atoms with E-state index in [4.69, 9.17) is 10.5 Å². The average molecular weight is 358 g/mol. The molecule has 0 saturated heterocycles. The van der Waals surface area contributed by atoms with Crippen molar-refractivity contribution in [1.82, 2.24) is 4.52 Å². The third-order valence-electron chi connectivity index (χ3n) is 4.82. The second kappa shape index (κ2) is 7.25. The Kier molecular flexibility index (Phi) is 4.65. The van der Waals surface area contributed by atoms with E-state index in [1.807, 2.05) is 12.1 Å². The van der Waals surface area contributed by atoms with E-state index in [2.05, 4.69) is 71.1 Å². The summed E-state index contributed by atoms with van der Waals surface area (Å²) in [6, 6.07) is 10.3. The first-order valence-electron chi connectivity index (χ1n) is 9.21. The lowest BCUT2D eigenvalue weighted by molar-refractivity contribution is -0.583. The van der Waals surface area contributed by atoms with E-state index in [9.17, 15) is 0 Å². The van der Waals surface area contributed by atoms with Gasteiger partial charge in [-0.3, -0.25) is 0 Å². The van der Waals surface area contributed by atoms with Crippen LogP contribution in [0.2, 0.25) is 0 Å². The quantitative estimate of drug-likeness (QED) is 0.519. The molecule has 1 aliphatic rings. The molecule has 3 heterocycles. The largest absolute Gasteiger partial charge is 0.490 e. The predicted octanol–water partition coefficient (Wildman–Crippen LogP) is 3.53. The van der Waals surface area contributed by atoms with Crippen molar-refractivity contribution < 1.29 is 9.09 Å². The van der Waals surface area contributed by atoms with Gasteiger partial charge in [0.05, 0.1) is 5.56 Å². The molecule has 27 heavy (non-hydrogen) atoms. The molecule has 0 saturated carbocycles. The number of allylic oxidation sites excluding steroid dienone is 1. The van der Waals surface area contributed by atoms with E-state index in [0.29, 0.717) is 13.2 Å². The minimum Gasteiger partial charge on any atom is -0.490 e. The van der Waals surface area contributed by atoms with Gasteiger partial charge in [-0.1, -0.05) is 35.2 Å². The summed E-state index contributed by atoms with van der Waals surface area (Å²) in [5.41, 5.74) is 13.2. The molecule has 136 valence electrons. The maximum Gasteiger partial charge on any atom is 0.242 e. The van der Waals surface area contributed by atoms with Crippen molar-refractivity contribution in [2.24, 2.45) is 5.73 Å². The van der Waals surface area contributed by atoms with Gasteiger partial charge in [-0.25, -0.2) is 0 Å². The van der Waals surface area contributed by atoms with Gasteiger partial charge in [0.2, 0.25) is 11.9 Å². The van der Waals surface area contributed by atoms with Crippen LogP contribution in [-0.2, 0) is 6.42 Å². The molecule has 0 spiro atoms. The number of benzene rings is 1. The van der Waals surface area contributed by atoms with Crippen molar-refractivity contribution in [3.8, 4) is 5.75 Å². The summed E-state index contributed by atoms with van der Waals surface area (Å²) >= 11 is 0. The van der Waals surface area contributed by atoms with Crippen LogP contribution in [-0.4, -0.2) is 17.7 Å². The zero-order valence-electron chi connectivity index (χ0n) is 15.6. The number of ether oxygens (including phenoxy) is 1. The van der Waals surface area contributed by atoms with Crippen molar-refractivity contribution in [3.63, 3.8) is 0 Å². The van der Waals surface area contributed by atoms with Crippen LogP contribution in [0.3, 0.4) is 0 Å². The molecule has 1 aromatic carbocycles. The zero-order valence-corrected chi connectivity index (χ0v) is 15.6. The molecule has 3 aromatic rings. The SMILES string of the molecule is C=CCOc1ccc(/C=C/c2cc(C)c3c(CCN)c4[n+](n23)=CC=C4)cc1. The van der Waals surface area contributed by atoms with Crippen molar-refractivity contribution in [3.05, 3.63) is 83.4 Å². The molecular formula is C23H24N3O+. The lowest BCUT2D eigenvalue weighted by atomic mass is 10.1. The molecule has 0 amide bonds. The average Bonchev–Trinajstić information content (AvgIpc) is 3.34. The fourth-order valence-corrected chi connectivity index (χ4v) is 3.67. The molecule has 2 aromatic heterocycles. The predicted molar refractivity (Wildman–Crippen MR) is 110 cm³/mol. The number of hydrogen-bond acceptors (Lipinski definition) is 2. The van der Waals surface area contributed by atoms with Crippen molar-refractivity contribution in [2.75, 3.05) is 13.2 Å². The lowest BCUT2D eigenvalue weighted by Crippen LogP contribution is -2.24. The topological polar surface area (TPSA) is 45.6 Å². The monoisotopic (exact) mass is 358 g/mol. The second-order valence-corrected chi connectivity index (χ2v) is 6.67. The van der Waals surface area contributed by atoms with E-state index >= 15 is 0 Å². The van der Waals surface area contributed by atoms with E-state index in [1.165, 1.54) is 22.3 Å². The third-order valence-corrected chi connectivity index (χ3v) is 4.82. The highest BCUT2D eigenvalue weighted by Crippen LogP contribution is 2.25. The molecular weight excluding hydrogens is 334 g/mol. The second-order valence-electron chi connectivity index (χ2n) is 6.67. The fourth-order valence-electron chi connectivity index (χ4n) is 3.67. The number of aryl methyl sites for hydroxylation is 1. The molecule has 0 aliphatic carbocycles. The maximum atomic E-state index is 5.86. The minimum atomic E-state index is 0.519. The van der Waals surface area contributed by atoms with Gasteiger partial charge >= 0.3 is 0 Å². The van der Waals surface area contributed by atoms with Crippen LogP contribution in [0.1, 0.15) is 28.1 Å². The number of fused-ring (bicyclic) bond motifs is 3. The molecule has 0 atom stereocenters. The molecule has 0 fully saturated rings. The van der Waals surface area contributed by atoms with E-state index in [-0.39, 0.29) is 0 Å². The van der Waals surface area contributed by atoms with Crippen molar-refractivity contribution in [2.45, 2.75) is 13.3 Å². The highest BCUT2D eigenvalue weighted by molar-refractivity contribution is 5.75. The van der Waals surface area contributed by atoms with Gasteiger partial charge in [0, 0.05) is 12.2 Å². The highest BCUT2D eigenvalue weighted by atomic mass is 16.5. The van der Waals surface area contributed by atoms with Gasteiger partial charge in [0.25, 0.3) is 0 Å². The number of rotatable bonds is 7. The van der Waals surface area contributed by atoms with Crippen LogP contribution in [0.4, 0.5) is 0 Å². The smallest absolute Gasteiger partial charge is 0.242 e. The first-order chi connectivity index (χ1) is 13.2. The Bertz CT molecular complexity index is 1100. The summed E-state index contributed by atoms with van der Waals surface area (Å²) in [5, 5.41) is 0. The molecule has 4 heteroatoms. The summed E-state index contributed by atoms with van der Waals surface area (Å²) in [5.74, 6) is 0.851. The van der Waals surface area contributed by atoms with Crippen LogP contribution < -0.4 is 14.8 Å². The molecule has 4 nitrogen and oxygen atoms in total. The molecule has 4 rings (SSSR count).